The highest BCUT2D eigenvalue weighted by Gasteiger charge is 2.25. The molecule has 0 atom stereocenters. The summed E-state index contributed by atoms with van der Waals surface area (Å²) in [6.45, 7) is 0. The number of aromatic amines is 1. The van der Waals surface area contributed by atoms with Gasteiger partial charge in [0, 0.05) is 31.7 Å². The number of rotatable bonds is 0. The largest absolute Gasteiger partial charge is 0.355 e. The van der Waals surface area contributed by atoms with Gasteiger partial charge in [-0.05, 0) is 16.2 Å². The van der Waals surface area contributed by atoms with Crippen molar-refractivity contribution in [3.05, 3.63) is 4.47 Å². The van der Waals surface area contributed by atoms with Crippen molar-refractivity contribution < 1.29 is 0 Å². The molecule has 0 saturated heterocycles. The van der Waals surface area contributed by atoms with Gasteiger partial charge in [-0.3, -0.25) is 0 Å². The van der Waals surface area contributed by atoms with Gasteiger partial charge in [-0.1, -0.05) is 48.7 Å². The number of H-pyrrole nitrogens is 1. The Labute approximate surface area is 188 Å². The monoisotopic (exact) mass is 409 g/mol. The molecule has 5 rings (SSSR count). The van der Waals surface area contributed by atoms with Crippen molar-refractivity contribution >= 4 is 179 Å². The Morgan fingerprint density at radius 3 is 1.24 bits per heavy atom. The quantitative estimate of drug-likeness (QED) is 0.195. The van der Waals surface area contributed by atoms with Crippen LogP contribution in [0.1, 0.15) is 0 Å². The van der Waals surface area contributed by atoms with Crippen LogP contribution in [0.25, 0.3) is 43.4 Å². The highest BCUT2D eigenvalue weighted by Crippen LogP contribution is 2.39. The predicted molar refractivity (Wildman–Crippen MR) is 138 cm³/mol. The van der Waals surface area contributed by atoms with E-state index in [0.29, 0.717) is 53.4 Å². The lowest BCUT2D eigenvalue weighted by Crippen LogP contribution is -2.48. The van der Waals surface area contributed by atoms with Crippen molar-refractivity contribution in [2.45, 2.75) is 0 Å². The second kappa shape index (κ2) is 6.03. The lowest BCUT2D eigenvalue weighted by atomic mass is 9.61. The third kappa shape index (κ3) is 2.13. The lowest BCUT2D eigenvalue weighted by molar-refractivity contribution is 1.59. The van der Waals surface area contributed by atoms with Crippen molar-refractivity contribution in [3.63, 3.8) is 0 Å². The molecule has 0 aliphatic carbocycles. The minimum Gasteiger partial charge on any atom is -0.355 e. The van der Waals surface area contributed by atoms with Crippen molar-refractivity contribution in [3.8, 4) is 0 Å². The molecule has 11 heteroatoms. The average molecular weight is 408 g/mol. The van der Waals surface area contributed by atoms with Crippen LogP contribution in [0.3, 0.4) is 0 Å². The summed E-state index contributed by atoms with van der Waals surface area (Å²) >= 11 is 3.56. The van der Waals surface area contributed by atoms with Crippen LogP contribution in [-0.4, -0.2) is 75.6 Å². The van der Waals surface area contributed by atoms with Gasteiger partial charge in [0.1, 0.15) is 70.6 Å². The van der Waals surface area contributed by atoms with E-state index in [1.807, 2.05) is 0 Å². The zero-order chi connectivity index (χ0) is 21.1. The van der Waals surface area contributed by atoms with Crippen LogP contribution < -0.4 is 49.2 Å². The van der Waals surface area contributed by atoms with Crippen LogP contribution >= 0.6 is 15.9 Å². The van der Waals surface area contributed by atoms with Crippen LogP contribution in [0.4, 0.5) is 0 Å². The number of hydrogen-bond acceptors (Lipinski definition) is 0. The highest BCUT2D eigenvalue weighted by atomic mass is 79.9. The van der Waals surface area contributed by atoms with Crippen molar-refractivity contribution in [2.24, 2.45) is 0 Å². The van der Waals surface area contributed by atoms with E-state index in [0.717, 1.165) is 10.8 Å². The van der Waals surface area contributed by atoms with Gasteiger partial charge in [-0.2, -0.15) is 0 Å². The number of benzene rings is 4. The molecule has 0 bridgehead atoms. The van der Waals surface area contributed by atoms with Gasteiger partial charge in [-0.25, -0.2) is 0 Å². The fourth-order valence-electron chi connectivity index (χ4n) is 4.29. The maximum atomic E-state index is 6.42. The van der Waals surface area contributed by atoms with Crippen LogP contribution in [0.2, 0.25) is 0 Å². The molecule has 0 fully saturated rings. The highest BCUT2D eigenvalue weighted by molar-refractivity contribution is 9.10. The first-order chi connectivity index (χ1) is 13.6. The zero-order valence-corrected chi connectivity index (χ0v) is 16.7. The first-order valence-corrected chi connectivity index (χ1v) is 9.33. The van der Waals surface area contributed by atoms with Crippen molar-refractivity contribution in [1.82, 2.24) is 4.98 Å². The van der Waals surface area contributed by atoms with Gasteiger partial charge in [-0.15, -0.1) is 16.4 Å². The molecule has 0 spiro atoms. The van der Waals surface area contributed by atoms with Gasteiger partial charge >= 0.3 is 0 Å². The average Bonchev–Trinajstić information content (AvgIpc) is 3.10. The molecule has 0 amide bonds. The van der Waals surface area contributed by atoms with Crippen LogP contribution in [-0.2, 0) is 0 Å². The molecule has 18 radical (unpaired) electrons. The molecule has 1 N–H and O–H groups in total. The van der Waals surface area contributed by atoms with E-state index in [2.05, 4.69) is 20.9 Å². The molecular formula is C18HB9BrN. The fourth-order valence-corrected chi connectivity index (χ4v) is 4.90. The Morgan fingerprint density at radius 2 is 0.724 bits per heavy atom. The Bertz CT molecular complexity index is 1440. The summed E-state index contributed by atoms with van der Waals surface area (Å²) in [6, 6.07) is 0. The molecule has 29 heavy (non-hydrogen) atoms. The molecule has 0 aliphatic heterocycles. The van der Waals surface area contributed by atoms with Crippen LogP contribution in [0.15, 0.2) is 4.47 Å². The molecule has 0 unspecified atom stereocenters. The maximum absolute atomic E-state index is 6.42. The maximum Gasteiger partial charge on any atom is 0.115 e. The molecule has 4 aromatic carbocycles. The molecule has 0 aliphatic rings. The van der Waals surface area contributed by atoms with E-state index >= 15 is 0 Å². The Morgan fingerprint density at radius 1 is 0.379 bits per heavy atom. The number of hydrogen-bond donors (Lipinski definition) is 1. The van der Waals surface area contributed by atoms with E-state index in [-0.39, 0.29) is 32.8 Å². The second-order valence-corrected chi connectivity index (χ2v) is 7.96. The zero-order valence-electron chi connectivity index (χ0n) is 15.1. The standard InChI is InChI=1S/C18HB9BrN/c19-7-1-2(8(20)11(23)10(7)22)4-6-5-3(1)9(21)12(24)14(26)17(5)29-18(6)15(27)13(25)16(4)28/h29H. The van der Waals surface area contributed by atoms with E-state index in [9.17, 15) is 0 Å². The van der Waals surface area contributed by atoms with E-state index in [1.54, 1.807) is 0 Å². The molecule has 112 valence electrons. The minimum absolute atomic E-state index is 0.166. The first-order valence-electron chi connectivity index (χ1n) is 8.54. The Kier molecular flexibility index (Phi) is 4.05. The topological polar surface area (TPSA) is 15.8 Å². The third-order valence-electron chi connectivity index (χ3n) is 5.79. The second-order valence-electron chi connectivity index (χ2n) is 7.16. The van der Waals surface area contributed by atoms with Crippen molar-refractivity contribution in [1.29, 1.82) is 0 Å². The Hall–Kier alpha value is -1.48. The predicted octanol–water partition coefficient (Wildman–Crippen LogP) is -5.03. The Balaban J connectivity index is 2.39. The van der Waals surface area contributed by atoms with Gasteiger partial charge < -0.3 is 4.98 Å². The lowest BCUT2D eigenvalue weighted by Gasteiger charge is -2.24. The summed E-state index contributed by atoms with van der Waals surface area (Å²) in [5, 5.41) is 3.81. The normalized spacial score (nSPS) is 12.2. The molecule has 1 aromatic heterocycles. The SMILES string of the molecule is [B]c1c([B])c([B])c2c(c1[B])c1c([B])c([B])c([B])c3[nH]c4c([B])c([B])c(Br)c2c4c31. The summed E-state index contributed by atoms with van der Waals surface area (Å²) in [5.41, 5.74) is 3.48. The minimum atomic E-state index is 0.166. The van der Waals surface area contributed by atoms with E-state index in [1.165, 1.54) is 0 Å². The molecular weight excluding hydrogens is 407 g/mol. The summed E-state index contributed by atoms with van der Waals surface area (Å²) in [4.78, 5) is 3.24. The summed E-state index contributed by atoms with van der Waals surface area (Å²) < 4.78 is 0.555. The van der Waals surface area contributed by atoms with E-state index < -0.39 is 0 Å². The molecule has 1 heterocycles. The van der Waals surface area contributed by atoms with Gasteiger partial charge in [0.15, 0.2) is 0 Å². The van der Waals surface area contributed by atoms with Crippen molar-refractivity contribution in [2.75, 3.05) is 0 Å². The smallest absolute Gasteiger partial charge is 0.115 e. The number of nitrogens with one attached hydrogen (secondary N) is 1. The van der Waals surface area contributed by atoms with E-state index in [4.69, 9.17) is 70.6 Å². The van der Waals surface area contributed by atoms with Crippen LogP contribution in [0.5, 0.6) is 0 Å². The van der Waals surface area contributed by atoms with Gasteiger partial charge in [0.05, 0.1) is 0 Å². The fraction of sp³-hybridized carbons (Fsp3) is 0. The van der Waals surface area contributed by atoms with Gasteiger partial charge in [0.25, 0.3) is 0 Å². The first kappa shape index (κ1) is 19.5. The number of halogens is 1. The number of fused-ring (bicyclic) bond motifs is 3. The summed E-state index contributed by atoms with van der Waals surface area (Å²) in [7, 11) is 56.6. The summed E-state index contributed by atoms with van der Waals surface area (Å²) in [6.07, 6.45) is 0. The molecule has 0 saturated carbocycles. The number of aromatic nitrogens is 1. The van der Waals surface area contributed by atoms with Crippen LogP contribution in [0, 0.1) is 0 Å². The van der Waals surface area contributed by atoms with Gasteiger partial charge in [0.2, 0.25) is 0 Å². The summed E-state index contributed by atoms with van der Waals surface area (Å²) in [5.74, 6) is 0. The molecule has 1 nitrogen and oxygen atoms in total. The molecule has 5 aromatic rings. The third-order valence-corrected chi connectivity index (χ3v) is 6.62.